The lowest BCUT2D eigenvalue weighted by Crippen LogP contribution is -2.44. The summed E-state index contributed by atoms with van der Waals surface area (Å²) in [6, 6.07) is 10.5. The Morgan fingerprint density at radius 2 is 1.96 bits per heavy atom. The molecule has 1 N–H and O–H groups in total. The number of fused-ring (bicyclic) bond motifs is 3. The Morgan fingerprint density at radius 3 is 2.71 bits per heavy atom. The zero-order valence-corrected chi connectivity index (χ0v) is 16.5. The fraction of sp³-hybridized carbons (Fsp3) is 0.522. The minimum absolute atomic E-state index is 0.0999. The molecule has 1 aromatic heterocycles. The van der Waals surface area contributed by atoms with Gasteiger partial charge in [-0.25, -0.2) is 4.98 Å². The molecule has 1 saturated carbocycles. The summed E-state index contributed by atoms with van der Waals surface area (Å²) in [5.74, 6) is 2.49. The quantitative estimate of drug-likeness (QED) is 0.851. The van der Waals surface area contributed by atoms with Gasteiger partial charge in [-0.2, -0.15) is 0 Å². The number of nitrogens with zero attached hydrogens (tertiary/aromatic N) is 3. The SMILES string of the molecule is CCCC1C(=O)N2C[C@@H](Cc3ccccc3)N=C2c2nc(C3CCCC3)[nH]c21. The molecule has 5 nitrogen and oxygen atoms in total. The van der Waals surface area contributed by atoms with E-state index in [9.17, 15) is 4.79 Å². The van der Waals surface area contributed by atoms with Crippen molar-refractivity contribution >= 4 is 11.7 Å². The van der Waals surface area contributed by atoms with Crippen LogP contribution in [0.5, 0.6) is 0 Å². The fourth-order valence-electron chi connectivity index (χ4n) is 5.05. The summed E-state index contributed by atoms with van der Waals surface area (Å²) in [6.45, 7) is 2.82. The molecule has 0 radical (unpaired) electrons. The number of hydrogen-bond acceptors (Lipinski definition) is 3. The van der Waals surface area contributed by atoms with E-state index in [2.05, 4.69) is 36.2 Å². The number of nitrogens with one attached hydrogen (secondary N) is 1. The van der Waals surface area contributed by atoms with E-state index in [0.29, 0.717) is 12.5 Å². The van der Waals surface area contributed by atoms with E-state index in [1.54, 1.807) is 0 Å². The van der Waals surface area contributed by atoms with Crippen LogP contribution >= 0.6 is 0 Å². The van der Waals surface area contributed by atoms with Gasteiger partial charge < -0.3 is 4.98 Å². The number of carbonyl (C=O) groups excluding carboxylic acids is 1. The summed E-state index contributed by atoms with van der Waals surface area (Å²) in [7, 11) is 0. The number of hydrogen-bond donors (Lipinski definition) is 1. The number of amidine groups is 1. The first-order valence-electron chi connectivity index (χ1n) is 10.8. The van der Waals surface area contributed by atoms with Crippen molar-refractivity contribution in [2.24, 2.45) is 4.99 Å². The lowest BCUT2D eigenvalue weighted by molar-refractivity contribution is -0.129. The summed E-state index contributed by atoms with van der Waals surface area (Å²) in [5, 5.41) is 0. The van der Waals surface area contributed by atoms with E-state index >= 15 is 0 Å². The molecule has 5 rings (SSSR count). The lowest BCUT2D eigenvalue weighted by Gasteiger charge is -2.29. The maximum Gasteiger partial charge on any atom is 0.237 e. The average molecular weight is 377 g/mol. The largest absolute Gasteiger partial charge is 0.344 e. The van der Waals surface area contributed by atoms with Gasteiger partial charge in [0.15, 0.2) is 5.84 Å². The van der Waals surface area contributed by atoms with E-state index < -0.39 is 0 Å². The molecule has 1 aromatic carbocycles. The van der Waals surface area contributed by atoms with Crippen molar-refractivity contribution in [2.75, 3.05) is 6.54 Å². The minimum Gasteiger partial charge on any atom is -0.344 e. The van der Waals surface area contributed by atoms with Crippen molar-refractivity contribution in [3.63, 3.8) is 0 Å². The van der Waals surface area contributed by atoms with Gasteiger partial charge in [0.05, 0.1) is 24.2 Å². The molecule has 5 heteroatoms. The zero-order valence-electron chi connectivity index (χ0n) is 16.5. The van der Waals surface area contributed by atoms with Crippen LogP contribution in [0.1, 0.15) is 80.1 Å². The van der Waals surface area contributed by atoms with Gasteiger partial charge in [0.2, 0.25) is 5.91 Å². The number of carbonyl (C=O) groups is 1. The first-order chi connectivity index (χ1) is 13.7. The predicted octanol–water partition coefficient (Wildman–Crippen LogP) is 4.16. The fourth-order valence-corrected chi connectivity index (χ4v) is 5.05. The number of aromatic nitrogens is 2. The van der Waals surface area contributed by atoms with Crippen molar-refractivity contribution < 1.29 is 4.79 Å². The molecular weight excluding hydrogens is 348 g/mol. The molecule has 1 unspecified atom stereocenters. The third kappa shape index (κ3) is 2.97. The van der Waals surface area contributed by atoms with Gasteiger partial charge in [-0.1, -0.05) is 56.5 Å². The summed E-state index contributed by atoms with van der Waals surface area (Å²) >= 11 is 0. The van der Waals surface area contributed by atoms with Gasteiger partial charge in [0.1, 0.15) is 11.5 Å². The smallest absolute Gasteiger partial charge is 0.237 e. The van der Waals surface area contributed by atoms with Gasteiger partial charge in [-0.3, -0.25) is 14.7 Å². The maximum absolute atomic E-state index is 13.3. The topological polar surface area (TPSA) is 61.4 Å². The number of amides is 1. The number of imidazole rings is 1. The molecule has 1 fully saturated rings. The van der Waals surface area contributed by atoms with Gasteiger partial charge in [0, 0.05) is 5.92 Å². The number of H-pyrrole nitrogens is 1. The second-order valence-corrected chi connectivity index (χ2v) is 8.45. The van der Waals surface area contributed by atoms with Crippen LogP contribution < -0.4 is 0 Å². The molecule has 0 saturated heterocycles. The van der Waals surface area contributed by atoms with Crippen molar-refractivity contribution in [1.82, 2.24) is 14.9 Å². The Balaban J connectivity index is 1.49. The molecule has 0 spiro atoms. The highest BCUT2D eigenvalue weighted by molar-refractivity contribution is 6.13. The predicted molar refractivity (Wildman–Crippen MR) is 110 cm³/mol. The van der Waals surface area contributed by atoms with Crippen LogP contribution in [-0.4, -0.2) is 39.2 Å². The highest BCUT2D eigenvalue weighted by atomic mass is 16.2. The number of aliphatic imine (C=N–C) groups is 1. The van der Waals surface area contributed by atoms with Gasteiger partial charge in [-0.05, 0) is 31.2 Å². The number of aromatic amines is 1. The molecule has 146 valence electrons. The van der Waals surface area contributed by atoms with Gasteiger partial charge in [0.25, 0.3) is 0 Å². The van der Waals surface area contributed by atoms with E-state index in [1.165, 1.54) is 31.2 Å². The van der Waals surface area contributed by atoms with Gasteiger partial charge >= 0.3 is 0 Å². The monoisotopic (exact) mass is 376 g/mol. The second kappa shape index (κ2) is 7.19. The Bertz CT molecular complexity index is 895. The van der Waals surface area contributed by atoms with Crippen LogP contribution in [0, 0.1) is 0 Å². The van der Waals surface area contributed by atoms with E-state index in [1.807, 2.05) is 11.0 Å². The molecule has 1 amide bonds. The summed E-state index contributed by atoms with van der Waals surface area (Å²) in [5.41, 5.74) is 3.22. The zero-order chi connectivity index (χ0) is 19.1. The van der Waals surface area contributed by atoms with Crippen LogP contribution in [0.2, 0.25) is 0 Å². The van der Waals surface area contributed by atoms with E-state index in [-0.39, 0.29) is 17.9 Å². The molecular formula is C23H28N4O. The van der Waals surface area contributed by atoms with Crippen LogP contribution in [-0.2, 0) is 11.2 Å². The third-order valence-corrected chi connectivity index (χ3v) is 6.46. The molecule has 2 aliphatic heterocycles. The molecule has 3 heterocycles. The van der Waals surface area contributed by atoms with Crippen LogP contribution in [0.4, 0.5) is 0 Å². The Morgan fingerprint density at radius 1 is 1.18 bits per heavy atom. The normalized spacial score (nSPS) is 24.4. The van der Waals surface area contributed by atoms with Crippen molar-refractivity contribution in [3.8, 4) is 0 Å². The summed E-state index contributed by atoms with van der Waals surface area (Å²) in [6.07, 6.45) is 7.67. The van der Waals surface area contributed by atoms with Gasteiger partial charge in [-0.15, -0.1) is 0 Å². The van der Waals surface area contributed by atoms with Crippen molar-refractivity contribution in [1.29, 1.82) is 0 Å². The first kappa shape index (κ1) is 17.7. The van der Waals surface area contributed by atoms with E-state index in [0.717, 1.165) is 42.3 Å². The minimum atomic E-state index is -0.0999. The molecule has 2 atom stereocenters. The lowest BCUT2D eigenvalue weighted by atomic mass is 9.92. The Labute approximate surface area is 166 Å². The highest BCUT2D eigenvalue weighted by Crippen LogP contribution is 2.38. The van der Waals surface area contributed by atoms with Crippen LogP contribution in [0.3, 0.4) is 0 Å². The Kier molecular flexibility index (Phi) is 4.53. The molecule has 1 aliphatic carbocycles. The number of benzene rings is 1. The molecule has 3 aliphatic rings. The molecule has 28 heavy (non-hydrogen) atoms. The van der Waals surface area contributed by atoms with Crippen LogP contribution in [0.15, 0.2) is 35.3 Å². The van der Waals surface area contributed by atoms with Crippen LogP contribution in [0.25, 0.3) is 0 Å². The molecule has 2 aromatic rings. The first-order valence-corrected chi connectivity index (χ1v) is 10.8. The Hall–Kier alpha value is -2.43. The average Bonchev–Trinajstić information content (AvgIpc) is 3.44. The van der Waals surface area contributed by atoms with E-state index in [4.69, 9.17) is 9.98 Å². The molecule has 0 bridgehead atoms. The number of rotatable bonds is 5. The maximum atomic E-state index is 13.3. The summed E-state index contributed by atoms with van der Waals surface area (Å²) < 4.78 is 0. The highest BCUT2D eigenvalue weighted by Gasteiger charge is 2.44. The van der Waals surface area contributed by atoms with Crippen molar-refractivity contribution in [2.45, 2.75) is 69.7 Å². The third-order valence-electron chi connectivity index (χ3n) is 6.46. The standard InChI is InChI=1S/C23H28N4O/c1-2-8-18-19-20(26-21(25-19)16-11-6-7-12-16)22-24-17(14-27(22)23(18)28)13-15-9-4-3-5-10-15/h3-5,9-10,16-18H,2,6-8,11-14H2,1H3,(H,25,26)/t17-,18?/m1/s1. The summed E-state index contributed by atoms with van der Waals surface area (Å²) in [4.78, 5) is 28.8. The van der Waals surface area contributed by atoms with Crippen molar-refractivity contribution in [3.05, 3.63) is 53.1 Å². The second-order valence-electron chi connectivity index (χ2n) is 8.45.